The fraction of sp³-hybridized carbons (Fsp3) is 0.222. The van der Waals surface area contributed by atoms with E-state index in [4.69, 9.17) is 0 Å². The van der Waals surface area contributed by atoms with Crippen molar-refractivity contribution in [1.82, 2.24) is 0 Å². The third-order valence-corrected chi connectivity index (χ3v) is 4.07. The number of amides is 3. The highest BCUT2D eigenvalue weighted by Crippen LogP contribution is 2.32. The summed E-state index contributed by atoms with van der Waals surface area (Å²) in [6, 6.07) is 8.89. The van der Waals surface area contributed by atoms with Crippen molar-refractivity contribution in [3.05, 3.63) is 53.6 Å². The minimum atomic E-state index is -4.48. The van der Waals surface area contributed by atoms with E-state index in [2.05, 4.69) is 10.6 Å². The second-order valence-electron chi connectivity index (χ2n) is 5.92. The molecule has 0 spiro atoms. The number of nitrogens with zero attached hydrogens (tertiary/aromatic N) is 1. The average molecular weight is 363 g/mol. The molecule has 0 saturated carbocycles. The molecule has 0 saturated heterocycles. The third kappa shape index (κ3) is 3.79. The van der Waals surface area contributed by atoms with Crippen LogP contribution in [0.15, 0.2) is 42.5 Å². The second-order valence-corrected chi connectivity index (χ2v) is 5.92. The van der Waals surface area contributed by atoms with Gasteiger partial charge in [-0.25, -0.2) is 4.79 Å². The SMILES string of the molecule is CC(=O)N1CCc2ccc(NC(=O)Nc3cccc(C(F)(F)F)c3)cc21. The highest BCUT2D eigenvalue weighted by molar-refractivity contribution is 6.01. The molecule has 3 rings (SSSR count). The van der Waals surface area contributed by atoms with Gasteiger partial charge < -0.3 is 15.5 Å². The number of urea groups is 1. The van der Waals surface area contributed by atoms with E-state index < -0.39 is 17.8 Å². The van der Waals surface area contributed by atoms with Crippen LogP contribution in [-0.4, -0.2) is 18.5 Å². The van der Waals surface area contributed by atoms with E-state index in [1.54, 1.807) is 17.0 Å². The molecule has 1 aliphatic rings. The Hall–Kier alpha value is -3.03. The number of rotatable bonds is 2. The Bertz CT molecular complexity index is 865. The maximum absolute atomic E-state index is 12.7. The van der Waals surface area contributed by atoms with Crippen molar-refractivity contribution in [2.45, 2.75) is 19.5 Å². The monoisotopic (exact) mass is 363 g/mol. The van der Waals surface area contributed by atoms with Crippen LogP contribution in [0.2, 0.25) is 0 Å². The molecule has 1 aliphatic heterocycles. The number of hydrogen-bond acceptors (Lipinski definition) is 2. The van der Waals surface area contributed by atoms with Crippen molar-refractivity contribution >= 4 is 29.0 Å². The first-order valence-electron chi connectivity index (χ1n) is 7.90. The Morgan fingerprint density at radius 1 is 1.04 bits per heavy atom. The molecule has 26 heavy (non-hydrogen) atoms. The van der Waals surface area contributed by atoms with Gasteiger partial charge in [0.1, 0.15) is 0 Å². The Morgan fingerprint density at radius 2 is 1.73 bits per heavy atom. The zero-order valence-corrected chi connectivity index (χ0v) is 13.9. The van der Waals surface area contributed by atoms with Crippen molar-refractivity contribution in [3.63, 3.8) is 0 Å². The first kappa shape index (κ1) is 17.8. The van der Waals surface area contributed by atoms with Gasteiger partial charge in [-0.2, -0.15) is 13.2 Å². The van der Waals surface area contributed by atoms with Gasteiger partial charge in [0, 0.05) is 30.5 Å². The van der Waals surface area contributed by atoms with Gasteiger partial charge in [0.2, 0.25) is 5.91 Å². The summed E-state index contributed by atoms with van der Waals surface area (Å²) >= 11 is 0. The number of carbonyl (C=O) groups is 2. The molecule has 2 aromatic rings. The maximum Gasteiger partial charge on any atom is 0.416 e. The van der Waals surface area contributed by atoms with Crippen LogP contribution in [0.1, 0.15) is 18.1 Å². The summed E-state index contributed by atoms with van der Waals surface area (Å²) in [5.74, 6) is -0.0886. The Balaban J connectivity index is 1.72. The zero-order valence-electron chi connectivity index (χ0n) is 13.9. The molecule has 8 heteroatoms. The van der Waals surface area contributed by atoms with Crippen molar-refractivity contribution in [2.75, 3.05) is 22.1 Å². The lowest BCUT2D eigenvalue weighted by molar-refractivity contribution is -0.137. The Morgan fingerprint density at radius 3 is 2.38 bits per heavy atom. The van der Waals surface area contributed by atoms with E-state index in [-0.39, 0.29) is 11.6 Å². The van der Waals surface area contributed by atoms with E-state index in [1.165, 1.54) is 19.1 Å². The molecule has 3 amide bonds. The molecular weight excluding hydrogens is 347 g/mol. The summed E-state index contributed by atoms with van der Waals surface area (Å²) in [4.78, 5) is 25.3. The number of nitrogens with one attached hydrogen (secondary N) is 2. The molecule has 5 nitrogen and oxygen atoms in total. The number of halogens is 3. The van der Waals surface area contributed by atoms with Gasteiger partial charge in [0.25, 0.3) is 0 Å². The molecule has 0 unspecified atom stereocenters. The molecule has 0 atom stereocenters. The van der Waals surface area contributed by atoms with E-state index in [0.717, 1.165) is 29.8 Å². The number of benzene rings is 2. The van der Waals surface area contributed by atoms with Crippen LogP contribution in [0.25, 0.3) is 0 Å². The normalized spacial score (nSPS) is 13.3. The largest absolute Gasteiger partial charge is 0.416 e. The fourth-order valence-electron chi connectivity index (χ4n) is 2.85. The van der Waals surface area contributed by atoms with E-state index in [9.17, 15) is 22.8 Å². The van der Waals surface area contributed by atoms with Crippen LogP contribution in [0.4, 0.5) is 35.0 Å². The van der Waals surface area contributed by atoms with Gasteiger partial charge in [-0.1, -0.05) is 12.1 Å². The maximum atomic E-state index is 12.7. The number of fused-ring (bicyclic) bond motifs is 1. The summed E-state index contributed by atoms with van der Waals surface area (Å²) in [6.45, 7) is 2.06. The predicted octanol–water partition coefficient (Wildman–Crippen LogP) is 4.26. The van der Waals surface area contributed by atoms with Gasteiger partial charge in [-0.3, -0.25) is 4.79 Å². The number of anilines is 3. The number of hydrogen-bond donors (Lipinski definition) is 2. The van der Waals surface area contributed by atoms with Gasteiger partial charge in [0.15, 0.2) is 0 Å². The van der Waals surface area contributed by atoms with Crippen LogP contribution >= 0.6 is 0 Å². The van der Waals surface area contributed by atoms with E-state index >= 15 is 0 Å². The van der Waals surface area contributed by atoms with Crippen LogP contribution in [0.3, 0.4) is 0 Å². The lowest BCUT2D eigenvalue weighted by Gasteiger charge is -2.16. The lowest BCUT2D eigenvalue weighted by Crippen LogP contribution is -2.26. The lowest BCUT2D eigenvalue weighted by atomic mass is 10.1. The van der Waals surface area contributed by atoms with Crippen molar-refractivity contribution in [2.24, 2.45) is 0 Å². The summed E-state index contributed by atoms with van der Waals surface area (Å²) < 4.78 is 38.2. The molecule has 136 valence electrons. The topological polar surface area (TPSA) is 61.4 Å². The minimum Gasteiger partial charge on any atom is -0.312 e. The third-order valence-electron chi connectivity index (χ3n) is 4.07. The first-order valence-corrected chi connectivity index (χ1v) is 7.90. The number of carbonyl (C=O) groups excluding carboxylic acids is 2. The first-order chi connectivity index (χ1) is 12.2. The smallest absolute Gasteiger partial charge is 0.312 e. The molecule has 0 bridgehead atoms. The van der Waals surface area contributed by atoms with Gasteiger partial charge in [-0.15, -0.1) is 0 Å². The zero-order chi connectivity index (χ0) is 18.9. The molecule has 0 radical (unpaired) electrons. The predicted molar refractivity (Wildman–Crippen MR) is 92.3 cm³/mol. The fourth-order valence-corrected chi connectivity index (χ4v) is 2.85. The van der Waals surface area contributed by atoms with Crippen molar-refractivity contribution in [3.8, 4) is 0 Å². The summed E-state index contributed by atoms with van der Waals surface area (Å²) in [6.07, 6.45) is -3.74. The molecule has 2 aromatic carbocycles. The molecule has 2 N–H and O–H groups in total. The molecule has 0 aliphatic carbocycles. The van der Waals surface area contributed by atoms with Crippen LogP contribution in [0, 0.1) is 0 Å². The average Bonchev–Trinajstić information content (AvgIpc) is 2.97. The van der Waals surface area contributed by atoms with Crippen LogP contribution in [0.5, 0.6) is 0 Å². The molecular formula is C18H16F3N3O2. The quantitative estimate of drug-likeness (QED) is 0.838. The molecule has 1 heterocycles. The highest BCUT2D eigenvalue weighted by Gasteiger charge is 2.30. The number of alkyl halides is 3. The van der Waals surface area contributed by atoms with Gasteiger partial charge in [-0.05, 0) is 42.3 Å². The summed E-state index contributed by atoms with van der Waals surface area (Å²) in [5.41, 5.74) is 1.37. The summed E-state index contributed by atoms with van der Waals surface area (Å²) in [7, 11) is 0. The molecule has 0 aromatic heterocycles. The summed E-state index contributed by atoms with van der Waals surface area (Å²) in [5, 5.41) is 4.94. The Labute approximate surface area is 147 Å². The second kappa shape index (κ2) is 6.70. The van der Waals surface area contributed by atoms with Gasteiger partial charge >= 0.3 is 12.2 Å². The Kier molecular flexibility index (Phi) is 4.58. The minimum absolute atomic E-state index is 0.0313. The van der Waals surface area contributed by atoms with Crippen molar-refractivity contribution < 1.29 is 22.8 Å². The standard InChI is InChI=1S/C18H16F3N3O2/c1-11(25)24-8-7-12-5-6-15(10-16(12)24)23-17(26)22-14-4-2-3-13(9-14)18(19,20)21/h2-6,9-10H,7-8H2,1H3,(H2,22,23,26). The van der Waals surface area contributed by atoms with Gasteiger partial charge in [0.05, 0.1) is 5.56 Å². The van der Waals surface area contributed by atoms with E-state index in [0.29, 0.717) is 12.2 Å². The highest BCUT2D eigenvalue weighted by atomic mass is 19.4. The molecule has 0 fully saturated rings. The van der Waals surface area contributed by atoms with E-state index in [1.807, 2.05) is 6.07 Å². The van der Waals surface area contributed by atoms with Crippen LogP contribution < -0.4 is 15.5 Å². The van der Waals surface area contributed by atoms with Crippen LogP contribution in [-0.2, 0) is 17.4 Å². The van der Waals surface area contributed by atoms with Crippen molar-refractivity contribution in [1.29, 1.82) is 0 Å².